The summed E-state index contributed by atoms with van der Waals surface area (Å²) < 4.78 is 39.8. The van der Waals surface area contributed by atoms with E-state index in [0.717, 1.165) is 52.9 Å². The van der Waals surface area contributed by atoms with Crippen molar-refractivity contribution in [3.05, 3.63) is 12.2 Å². The highest BCUT2D eigenvalue weighted by atomic mass is 16.7. The molecule has 3 saturated carbocycles. The number of esters is 6. The van der Waals surface area contributed by atoms with Crippen molar-refractivity contribution in [1.82, 2.24) is 0 Å². The maximum absolute atomic E-state index is 14.6. The minimum absolute atomic E-state index is 0.0569. The van der Waals surface area contributed by atoms with Crippen molar-refractivity contribution in [1.29, 1.82) is 0 Å². The van der Waals surface area contributed by atoms with Crippen LogP contribution in [0.15, 0.2) is 12.2 Å². The molecule has 5 rings (SSSR count). The van der Waals surface area contributed by atoms with Crippen LogP contribution >= 0.6 is 0 Å². The Hall–Kier alpha value is -3.48. The van der Waals surface area contributed by atoms with Crippen LogP contribution < -0.4 is 0 Å². The van der Waals surface area contributed by atoms with Crippen LogP contribution in [0, 0.1) is 33.5 Å². The quantitative estimate of drug-likeness (QED) is 0.203. The molecule has 5 aliphatic rings. The third-order valence-corrected chi connectivity index (χ3v) is 12.0. The van der Waals surface area contributed by atoms with Crippen LogP contribution in [0.3, 0.4) is 0 Å². The number of hydrogen-bond donors (Lipinski definition) is 0. The molecule has 1 saturated heterocycles. The predicted octanol–water partition coefficient (Wildman–Crippen LogP) is 4.12. The molecule has 2 bridgehead atoms. The molecule has 4 fully saturated rings. The topological polar surface area (TPSA) is 167 Å². The summed E-state index contributed by atoms with van der Waals surface area (Å²) in [5.41, 5.74) is -1.57. The second-order valence-electron chi connectivity index (χ2n) is 15.5. The number of allylic oxidation sites excluding steroid dienone is 1. The van der Waals surface area contributed by atoms with Gasteiger partial charge in [0.1, 0.15) is 18.8 Å². The Kier molecular flexibility index (Phi) is 10.0. The lowest BCUT2D eigenvalue weighted by atomic mass is 9.40. The first-order valence-electron chi connectivity index (χ1n) is 17.2. The van der Waals surface area contributed by atoms with E-state index in [2.05, 4.69) is 26.0 Å². The first-order valence-corrected chi connectivity index (χ1v) is 17.2. The molecule has 12 atom stereocenters. The predicted molar refractivity (Wildman–Crippen MR) is 169 cm³/mol. The van der Waals surface area contributed by atoms with E-state index >= 15 is 0 Å². The van der Waals surface area contributed by atoms with Crippen molar-refractivity contribution in [2.75, 3.05) is 6.61 Å². The van der Waals surface area contributed by atoms with Crippen LogP contribution in [0.5, 0.6) is 0 Å². The Morgan fingerprint density at radius 2 is 1.31 bits per heavy atom. The largest absolute Gasteiger partial charge is 0.463 e. The zero-order valence-electron chi connectivity index (χ0n) is 29.7. The van der Waals surface area contributed by atoms with Crippen molar-refractivity contribution >= 4 is 35.8 Å². The molecule has 0 aromatic heterocycles. The third kappa shape index (κ3) is 6.83. The number of carbonyl (C=O) groups is 6. The van der Waals surface area contributed by atoms with E-state index in [1.54, 1.807) is 0 Å². The first kappa shape index (κ1) is 36.8. The summed E-state index contributed by atoms with van der Waals surface area (Å²) in [5.74, 6) is -3.78. The van der Waals surface area contributed by atoms with Crippen LogP contribution in [-0.2, 0) is 61.9 Å². The lowest BCUT2D eigenvalue weighted by Crippen LogP contribution is -2.64. The fourth-order valence-electron chi connectivity index (χ4n) is 10.2. The summed E-state index contributed by atoms with van der Waals surface area (Å²) in [5, 5.41) is 0. The van der Waals surface area contributed by atoms with Crippen LogP contribution in [0.4, 0.5) is 0 Å². The number of carbonyl (C=O) groups excluding carboxylic acids is 6. The van der Waals surface area contributed by atoms with Gasteiger partial charge in [-0.25, -0.2) is 0 Å². The molecule has 1 heterocycles. The summed E-state index contributed by atoms with van der Waals surface area (Å²) >= 11 is 0. The van der Waals surface area contributed by atoms with Crippen LogP contribution in [0.2, 0.25) is 0 Å². The van der Waals surface area contributed by atoms with E-state index in [1.807, 2.05) is 6.92 Å². The number of ether oxygens (including phenoxy) is 7. The molecule has 0 N–H and O–H groups in total. The highest BCUT2D eigenvalue weighted by molar-refractivity contribution is 5.77. The van der Waals surface area contributed by atoms with E-state index in [9.17, 15) is 28.8 Å². The fraction of sp³-hybridized carbons (Fsp3) is 0.778. The van der Waals surface area contributed by atoms with Crippen molar-refractivity contribution < 1.29 is 61.9 Å². The Labute approximate surface area is 287 Å². The van der Waals surface area contributed by atoms with Gasteiger partial charge in [-0.2, -0.15) is 0 Å². The molecule has 0 unspecified atom stereocenters. The van der Waals surface area contributed by atoms with E-state index in [0.29, 0.717) is 12.8 Å². The maximum atomic E-state index is 14.6. The molecular weight excluding hydrogens is 640 g/mol. The number of rotatable bonds is 8. The Morgan fingerprint density at radius 1 is 0.694 bits per heavy atom. The molecule has 13 nitrogen and oxygen atoms in total. The van der Waals surface area contributed by atoms with E-state index < -0.39 is 72.6 Å². The summed E-state index contributed by atoms with van der Waals surface area (Å²) in [6.07, 6.45) is 2.59. The van der Waals surface area contributed by atoms with E-state index in [1.165, 1.54) is 13.8 Å². The van der Waals surface area contributed by atoms with Crippen molar-refractivity contribution in [2.24, 2.45) is 33.5 Å². The van der Waals surface area contributed by atoms with Crippen molar-refractivity contribution in [3.8, 4) is 0 Å². The molecule has 4 aliphatic carbocycles. The minimum Gasteiger partial charge on any atom is -0.463 e. The fourth-order valence-corrected chi connectivity index (χ4v) is 10.2. The van der Waals surface area contributed by atoms with Gasteiger partial charge in [0.2, 0.25) is 12.4 Å². The van der Waals surface area contributed by atoms with Crippen molar-refractivity contribution in [3.63, 3.8) is 0 Å². The summed E-state index contributed by atoms with van der Waals surface area (Å²) in [7, 11) is 0. The van der Waals surface area contributed by atoms with Gasteiger partial charge in [0, 0.05) is 40.0 Å². The number of fused-ring (bicyclic) bond motifs is 3. The number of hydrogen-bond acceptors (Lipinski definition) is 13. The molecule has 13 heteroatoms. The summed E-state index contributed by atoms with van der Waals surface area (Å²) in [6, 6.07) is 0. The smallest absolute Gasteiger partial charge is 0.314 e. The van der Waals surface area contributed by atoms with E-state index in [-0.39, 0.29) is 40.2 Å². The average Bonchev–Trinajstić information content (AvgIpc) is 3.27. The first-order chi connectivity index (χ1) is 22.8. The highest BCUT2D eigenvalue weighted by Gasteiger charge is 2.68. The van der Waals surface area contributed by atoms with Gasteiger partial charge in [0.15, 0.2) is 12.2 Å². The molecule has 0 aromatic carbocycles. The van der Waals surface area contributed by atoms with Gasteiger partial charge in [0.05, 0.1) is 5.41 Å². The molecule has 1 aliphatic heterocycles. The van der Waals surface area contributed by atoms with Crippen LogP contribution in [-0.4, -0.2) is 79.2 Å². The lowest BCUT2D eigenvalue weighted by Gasteiger charge is -2.64. The summed E-state index contributed by atoms with van der Waals surface area (Å²) in [4.78, 5) is 75.2. The average molecular weight is 691 g/mol. The van der Waals surface area contributed by atoms with Gasteiger partial charge >= 0.3 is 35.8 Å². The third-order valence-electron chi connectivity index (χ3n) is 12.0. The maximum Gasteiger partial charge on any atom is 0.314 e. The monoisotopic (exact) mass is 690 g/mol. The van der Waals surface area contributed by atoms with Gasteiger partial charge in [0.25, 0.3) is 0 Å². The van der Waals surface area contributed by atoms with Gasteiger partial charge in [-0.15, -0.1) is 0 Å². The Balaban J connectivity index is 1.46. The Morgan fingerprint density at radius 3 is 1.92 bits per heavy atom. The standard InChI is InChI=1S/C36H50O13/c1-19(37)43-17-24-28(45-21(3)39)29(46-22(4)40)30(47-23(5)41)31(48-24)49-32(42)35(8)12-9-11-34(7)25(35)10-13-36-15-14-33(6,18-36)27(16-26(34)36)44-20(2)38/h14-15,24-31H,9-13,16-18H2,1-8H3/t24-,25-,26-,27-,28-,29+,30-,31+,33+,34+,35-,36-/m1/s1. The van der Waals surface area contributed by atoms with Gasteiger partial charge in [-0.1, -0.05) is 32.4 Å². The molecule has 0 radical (unpaired) electrons. The molecule has 49 heavy (non-hydrogen) atoms. The van der Waals surface area contributed by atoms with Crippen LogP contribution in [0.1, 0.15) is 100 Å². The van der Waals surface area contributed by atoms with Crippen LogP contribution in [0.25, 0.3) is 0 Å². The molecule has 0 aromatic rings. The van der Waals surface area contributed by atoms with Gasteiger partial charge in [-0.05, 0) is 68.1 Å². The van der Waals surface area contributed by atoms with E-state index in [4.69, 9.17) is 33.2 Å². The zero-order valence-corrected chi connectivity index (χ0v) is 29.7. The normalized spacial score (nSPS) is 42.0. The second-order valence-corrected chi connectivity index (χ2v) is 15.5. The molecule has 272 valence electrons. The Bertz CT molecular complexity index is 1410. The molecule has 1 spiro atoms. The molecule has 0 amide bonds. The van der Waals surface area contributed by atoms with Gasteiger partial charge in [-0.3, -0.25) is 28.8 Å². The minimum atomic E-state index is -1.59. The molecular formula is C36H50O13. The lowest BCUT2D eigenvalue weighted by molar-refractivity contribution is -0.305. The SMILES string of the molecule is CC(=O)OC[C@H]1O[C@@H](OC(=O)[C@]2(C)CCC[C@@]3(C)[C@H]2CC[C@@]24C=C[C@@](C)(C2)[C@H](OC(C)=O)C[C@@H]43)[C@H](OC(C)=O)[C@@H](OC(C)=O)[C@@H]1OC(C)=O. The summed E-state index contributed by atoms with van der Waals surface area (Å²) in [6.45, 7) is 11.9. The second kappa shape index (κ2) is 13.3. The van der Waals surface area contributed by atoms with Crippen molar-refractivity contribution in [2.45, 2.75) is 137 Å². The van der Waals surface area contributed by atoms with Gasteiger partial charge < -0.3 is 33.2 Å². The zero-order chi connectivity index (χ0) is 36.1. The highest BCUT2D eigenvalue weighted by Crippen LogP contribution is 2.72.